The zero-order valence-corrected chi connectivity index (χ0v) is 12.7. The predicted octanol–water partition coefficient (Wildman–Crippen LogP) is 3.28. The van der Waals surface area contributed by atoms with Gasteiger partial charge in [-0.3, -0.25) is 0 Å². The average molecular weight is 291 g/mol. The van der Waals surface area contributed by atoms with E-state index in [4.69, 9.17) is 15.4 Å². The Morgan fingerprint density at radius 1 is 1.28 bits per heavy atom. The standard InChI is InChI=1S/C13H19ClO3S/c1-10-5-6-12(11(2)7-10)17-8-13(3,4)9-18(14,15)16/h5-7H,8-9H2,1-4H3. The minimum Gasteiger partial charge on any atom is -0.493 e. The first-order chi connectivity index (χ1) is 8.09. The first-order valence-corrected chi connectivity index (χ1v) is 8.19. The lowest BCUT2D eigenvalue weighted by Crippen LogP contribution is -2.28. The van der Waals surface area contributed by atoms with Crippen molar-refractivity contribution < 1.29 is 13.2 Å². The smallest absolute Gasteiger partial charge is 0.233 e. The van der Waals surface area contributed by atoms with Gasteiger partial charge in [0.15, 0.2) is 0 Å². The summed E-state index contributed by atoms with van der Waals surface area (Å²) in [4.78, 5) is 0. The zero-order valence-electron chi connectivity index (χ0n) is 11.2. The zero-order chi connectivity index (χ0) is 14.0. The summed E-state index contributed by atoms with van der Waals surface area (Å²) >= 11 is 0. The number of ether oxygens (including phenoxy) is 1. The van der Waals surface area contributed by atoms with Crippen LogP contribution in [0.4, 0.5) is 0 Å². The number of hydrogen-bond donors (Lipinski definition) is 0. The van der Waals surface area contributed by atoms with E-state index in [-0.39, 0.29) is 5.75 Å². The van der Waals surface area contributed by atoms with Crippen molar-refractivity contribution in [3.63, 3.8) is 0 Å². The molecule has 3 nitrogen and oxygen atoms in total. The monoisotopic (exact) mass is 290 g/mol. The molecule has 0 N–H and O–H groups in total. The normalized spacial score (nSPS) is 12.5. The Kier molecular flexibility index (Phi) is 4.67. The fourth-order valence-corrected chi connectivity index (χ4v) is 3.65. The van der Waals surface area contributed by atoms with Crippen LogP contribution in [0.15, 0.2) is 18.2 Å². The summed E-state index contributed by atoms with van der Waals surface area (Å²) < 4.78 is 27.8. The lowest BCUT2D eigenvalue weighted by molar-refractivity contribution is 0.199. The summed E-state index contributed by atoms with van der Waals surface area (Å²) in [6.07, 6.45) is 0. The van der Waals surface area contributed by atoms with Crippen LogP contribution in [0.3, 0.4) is 0 Å². The van der Waals surface area contributed by atoms with Crippen LogP contribution in [0, 0.1) is 19.3 Å². The molecule has 0 bridgehead atoms. The molecule has 0 amide bonds. The average Bonchev–Trinajstić information content (AvgIpc) is 2.12. The fourth-order valence-electron chi connectivity index (χ4n) is 1.74. The molecule has 5 heteroatoms. The van der Waals surface area contributed by atoms with Crippen molar-refractivity contribution in [1.29, 1.82) is 0 Å². The lowest BCUT2D eigenvalue weighted by atomic mass is 9.98. The van der Waals surface area contributed by atoms with Crippen LogP contribution in [0.5, 0.6) is 5.75 Å². The van der Waals surface area contributed by atoms with Gasteiger partial charge in [0.2, 0.25) is 9.05 Å². The summed E-state index contributed by atoms with van der Waals surface area (Å²) in [6, 6.07) is 5.89. The molecule has 0 fully saturated rings. The second-order valence-electron chi connectivity index (χ2n) is 5.41. The van der Waals surface area contributed by atoms with Crippen molar-refractivity contribution in [3.8, 4) is 5.75 Å². The van der Waals surface area contributed by atoms with Gasteiger partial charge in [-0.15, -0.1) is 0 Å². The van der Waals surface area contributed by atoms with Crippen LogP contribution >= 0.6 is 10.7 Å². The topological polar surface area (TPSA) is 43.4 Å². The minimum atomic E-state index is -3.51. The largest absolute Gasteiger partial charge is 0.493 e. The van der Waals surface area contributed by atoms with Crippen LogP contribution in [0.25, 0.3) is 0 Å². The fraction of sp³-hybridized carbons (Fsp3) is 0.538. The van der Waals surface area contributed by atoms with Crippen molar-refractivity contribution in [2.75, 3.05) is 12.4 Å². The molecule has 1 aromatic rings. The van der Waals surface area contributed by atoms with Gasteiger partial charge in [-0.1, -0.05) is 31.5 Å². The Morgan fingerprint density at radius 2 is 1.89 bits per heavy atom. The van der Waals surface area contributed by atoms with Crippen LogP contribution < -0.4 is 4.74 Å². The third kappa shape index (κ3) is 5.27. The minimum absolute atomic E-state index is 0.105. The molecule has 0 radical (unpaired) electrons. The van der Waals surface area contributed by atoms with Gasteiger partial charge in [-0.25, -0.2) is 8.42 Å². The molecule has 18 heavy (non-hydrogen) atoms. The van der Waals surface area contributed by atoms with E-state index in [0.29, 0.717) is 6.61 Å². The molecule has 0 spiro atoms. The summed E-state index contributed by atoms with van der Waals surface area (Å²) in [6.45, 7) is 7.92. The molecular formula is C13H19ClO3S. The molecule has 1 rings (SSSR count). The van der Waals surface area contributed by atoms with E-state index >= 15 is 0 Å². The van der Waals surface area contributed by atoms with Gasteiger partial charge in [0, 0.05) is 16.1 Å². The quantitative estimate of drug-likeness (QED) is 0.782. The van der Waals surface area contributed by atoms with E-state index in [0.717, 1.165) is 11.3 Å². The van der Waals surface area contributed by atoms with Crippen molar-refractivity contribution in [2.45, 2.75) is 27.7 Å². The molecule has 0 unspecified atom stereocenters. The molecule has 0 aliphatic rings. The number of rotatable bonds is 5. The van der Waals surface area contributed by atoms with Crippen molar-refractivity contribution in [2.24, 2.45) is 5.41 Å². The predicted molar refractivity (Wildman–Crippen MR) is 74.8 cm³/mol. The molecule has 0 aromatic heterocycles. The third-order valence-electron chi connectivity index (χ3n) is 2.51. The Bertz CT molecular complexity index is 521. The summed E-state index contributed by atoms with van der Waals surface area (Å²) in [5.41, 5.74) is 1.69. The van der Waals surface area contributed by atoms with Gasteiger partial charge >= 0.3 is 0 Å². The van der Waals surface area contributed by atoms with E-state index in [1.54, 1.807) is 0 Å². The van der Waals surface area contributed by atoms with Crippen LogP contribution in [-0.2, 0) is 9.05 Å². The highest BCUT2D eigenvalue weighted by Crippen LogP contribution is 2.24. The van der Waals surface area contributed by atoms with Gasteiger partial charge in [0.1, 0.15) is 5.75 Å². The van der Waals surface area contributed by atoms with Gasteiger partial charge in [-0.05, 0) is 25.5 Å². The molecule has 0 atom stereocenters. The van der Waals surface area contributed by atoms with Crippen molar-refractivity contribution >= 4 is 19.7 Å². The first kappa shape index (κ1) is 15.3. The number of hydrogen-bond acceptors (Lipinski definition) is 3. The lowest BCUT2D eigenvalue weighted by Gasteiger charge is -2.23. The first-order valence-electron chi connectivity index (χ1n) is 5.71. The van der Waals surface area contributed by atoms with E-state index in [1.807, 2.05) is 45.9 Å². The summed E-state index contributed by atoms with van der Waals surface area (Å²) in [7, 11) is 1.76. The Morgan fingerprint density at radius 3 is 2.39 bits per heavy atom. The Balaban J connectivity index is 2.70. The van der Waals surface area contributed by atoms with Crippen LogP contribution in [0.2, 0.25) is 0 Å². The van der Waals surface area contributed by atoms with Crippen molar-refractivity contribution in [1.82, 2.24) is 0 Å². The van der Waals surface area contributed by atoms with Crippen LogP contribution in [-0.4, -0.2) is 20.8 Å². The maximum absolute atomic E-state index is 11.1. The van der Waals surface area contributed by atoms with Gasteiger partial charge in [0.05, 0.1) is 12.4 Å². The second-order valence-corrected chi connectivity index (χ2v) is 8.18. The molecule has 0 heterocycles. The number of aryl methyl sites for hydroxylation is 2. The van der Waals surface area contributed by atoms with Gasteiger partial charge < -0.3 is 4.74 Å². The third-order valence-corrected chi connectivity index (χ3v) is 3.97. The Labute approximate surface area is 114 Å². The molecule has 0 aliphatic carbocycles. The maximum Gasteiger partial charge on any atom is 0.233 e. The highest BCUT2D eigenvalue weighted by molar-refractivity contribution is 8.13. The Hall–Kier alpha value is -0.740. The van der Waals surface area contributed by atoms with E-state index in [2.05, 4.69) is 0 Å². The van der Waals surface area contributed by atoms with Gasteiger partial charge in [0.25, 0.3) is 0 Å². The van der Waals surface area contributed by atoms with E-state index in [1.165, 1.54) is 5.56 Å². The van der Waals surface area contributed by atoms with Gasteiger partial charge in [-0.2, -0.15) is 0 Å². The SMILES string of the molecule is Cc1ccc(OCC(C)(C)CS(=O)(=O)Cl)c(C)c1. The number of halogens is 1. The molecule has 1 aromatic carbocycles. The maximum atomic E-state index is 11.1. The molecule has 102 valence electrons. The molecular weight excluding hydrogens is 272 g/mol. The van der Waals surface area contributed by atoms with E-state index < -0.39 is 14.5 Å². The number of benzene rings is 1. The molecule has 0 saturated heterocycles. The summed E-state index contributed by atoms with van der Waals surface area (Å²) in [5, 5.41) is 0. The second kappa shape index (κ2) is 5.49. The van der Waals surface area contributed by atoms with Crippen LogP contribution in [0.1, 0.15) is 25.0 Å². The molecule has 0 saturated carbocycles. The van der Waals surface area contributed by atoms with Crippen molar-refractivity contribution in [3.05, 3.63) is 29.3 Å². The highest BCUT2D eigenvalue weighted by atomic mass is 35.7. The summed E-state index contributed by atoms with van der Waals surface area (Å²) in [5.74, 6) is 0.674. The van der Waals surface area contributed by atoms with E-state index in [9.17, 15) is 8.42 Å². The molecule has 0 aliphatic heterocycles. The highest BCUT2D eigenvalue weighted by Gasteiger charge is 2.26.